The first-order chi connectivity index (χ1) is 9.49. The highest BCUT2D eigenvalue weighted by atomic mass is 19.4. The molecule has 0 atom stereocenters. The van der Waals surface area contributed by atoms with Gasteiger partial charge in [0.25, 0.3) is 0 Å². The number of ether oxygens (including phenoxy) is 1. The molecule has 0 saturated carbocycles. The summed E-state index contributed by atoms with van der Waals surface area (Å²) in [6, 6.07) is 12.1. The largest absolute Gasteiger partial charge is 0.573 e. The molecule has 0 bridgehead atoms. The highest BCUT2D eigenvalue weighted by Crippen LogP contribution is 2.31. The van der Waals surface area contributed by atoms with Crippen molar-refractivity contribution in [3.05, 3.63) is 48.5 Å². The molecule has 20 heavy (non-hydrogen) atoms. The summed E-state index contributed by atoms with van der Waals surface area (Å²) < 4.78 is 39.9. The molecule has 0 amide bonds. The molecule has 0 aliphatic rings. The molecule has 102 valence electrons. The summed E-state index contributed by atoms with van der Waals surface area (Å²) in [6.45, 7) is 0. The van der Waals surface area contributed by atoms with Gasteiger partial charge in [0.15, 0.2) is 0 Å². The van der Waals surface area contributed by atoms with Crippen LogP contribution in [0.15, 0.2) is 53.5 Å². The minimum absolute atomic E-state index is 0.308. The van der Waals surface area contributed by atoms with Crippen LogP contribution in [0.5, 0.6) is 5.75 Å². The van der Waals surface area contributed by atoms with Crippen molar-refractivity contribution in [2.24, 2.45) is 4.99 Å². The summed E-state index contributed by atoms with van der Waals surface area (Å²) in [4.78, 5) is 13.9. The Morgan fingerprint density at radius 2 is 1.65 bits per heavy atom. The summed E-state index contributed by atoms with van der Waals surface area (Å²) in [7, 11) is 0. The maximum absolute atomic E-state index is 12.0. The predicted octanol–water partition coefficient (Wildman–Crippen LogP) is 4.22. The molecule has 2 aromatic rings. The monoisotopic (exact) mass is 279 g/mol. The van der Waals surface area contributed by atoms with Crippen LogP contribution in [0.4, 0.5) is 18.9 Å². The molecule has 0 radical (unpaired) electrons. The molecule has 0 unspecified atom stereocenters. The van der Waals surface area contributed by atoms with Crippen molar-refractivity contribution in [3.63, 3.8) is 0 Å². The fourth-order valence-electron chi connectivity index (χ4n) is 1.70. The Balaban J connectivity index is 2.33. The van der Waals surface area contributed by atoms with E-state index in [-0.39, 0.29) is 5.75 Å². The zero-order valence-electron chi connectivity index (χ0n) is 10.0. The van der Waals surface area contributed by atoms with Crippen LogP contribution in [0.3, 0.4) is 0 Å². The van der Waals surface area contributed by atoms with Gasteiger partial charge in [-0.15, -0.1) is 13.2 Å². The third-order valence-electron chi connectivity index (χ3n) is 2.47. The first kappa shape index (κ1) is 13.8. The summed E-state index contributed by atoms with van der Waals surface area (Å²) in [5.74, 6) is -0.308. The molecule has 6 heteroatoms. The molecule has 2 rings (SSSR count). The van der Waals surface area contributed by atoms with Crippen LogP contribution in [-0.2, 0) is 4.79 Å². The van der Waals surface area contributed by atoms with E-state index in [4.69, 9.17) is 0 Å². The molecule has 0 aromatic heterocycles. The Hall–Kier alpha value is -2.59. The number of para-hydroxylation sites is 1. The van der Waals surface area contributed by atoms with Gasteiger partial charge in [-0.25, -0.2) is 4.79 Å². The lowest BCUT2D eigenvalue weighted by atomic mass is 10.0. The van der Waals surface area contributed by atoms with Crippen LogP contribution in [0.2, 0.25) is 0 Å². The number of carbonyl (C=O) groups excluding carboxylic acids is 1. The number of benzene rings is 2. The van der Waals surface area contributed by atoms with Crippen LogP contribution < -0.4 is 4.74 Å². The minimum Gasteiger partial charge on any atom is -0.406 e. The Bertz CT molecular complexity index is 644. The van der Waals surface area contributed by atoms with E-state index in [0.29, 0.717) is 16.8 Å². The lowest BCUT2D eigenvalue weighted by Gasteiger charge is -2.10. The quantitative estimate of drug-likeness (QED) is 0.623. The third-order valence-corrected chi connectivity index (χ3v) is 2.47. The first-order valence-electron chi connectivity index (χ1n) is 5.53. The SMILES string of the molecule is O=C=Nc1ccccc1-c1ccc(OC(F)(F)F)cc1. The Morgan fingerprint density at radius 1 is 1.00 bits per heavy atom. The Morgan fingerprint density at radius 3 is 2.25 bits per heavy atom. The topological polar surface area (TPSA) is 38.7 Å². The summed E-state index contributed by atoms with van der Waals surface area (Å²) in [6.07, 6.45) is -3.28. The molecular weight excluding hydrogens is 271 g/mol. The molecule has 0 fully saturated rings. The van der Waals surface area contributed by atoms with Crippen molar-refractivity contribution in [3.8, 4) is 16.9 Å². The number of rotatable bonds is 3. The van der Waals surface area contributed by atoms with Crippen LogP contribution in [0, 0.1) is 0 Å². The maximum atomic E-state index is 12.0. The average molecular weight is 279 g/mol. The maximum Gasteiger partial charge on any atom is 0.573 e. The summed E-state index contributed by atoms with van der Waals surface area (Å²) in [5.41, 5.74) is 1.63. The molecule has 2 aromatic carbocycles. The molecule has 0 heterocycles. The van der Waals surface area contributed by atoms with E-state index in [1.54, 1.807) is 24.3 Å². The number of alkyl halides is 3. The number of hydrogen-bond acceptors (Lipinski definition) is 3. The predicted molar refractivity (Wildman–Crippen MR) is 66.3 cm³/mol. The highest BCUT2D eigenvalue weighted by Gasteiger charge is 2.30. The highest BCUT2D eigenvalue weighted by molar-refractivity contribution is 5.77. The first-order valence-corrected chi connectivity index (χ1v) is 5.53. The van der Waals surface area contributed by atoms with Gasteiger partial charge in [-0.1, -0.05) is 30.3 Å². The van der Waals surface area contributed by atoms with Gasteiger partial charge in [-0.05, 0) is 23.8 Å². The molecule has 0 aliphatic carbocycles. The van der Waals surface area contributed by atoms with Crippen LogP contribution in [0.1, 0.15) is 0 Å². The molecule has 0 N–H and O–H groups in total. The zero-order valence-corrected chi connectivity index (χ0v) is 10.0. The lowest BCUT2D eigenvalue weighted by Crippen LogP contribution is -2.16. The van der Waals surface area contributed by atoms with Gasteiger partial charge in [0, 0.05) is 5.56 Å². The molecular formula is C14H8F3NO2. The lowest BCUT2D eigenvalue weighted by molar-refractivity contribution is -0.274. The second kappa shape index (κ2) is 5.59. The van der Waals surface area contributed by atoms with E-state index in [1.807, 2.05) is 0 Å². The van der Waals surface area contributed by atoms with Crippen molar-refractivity contribution in [2.75, 3.05) is 0 Å². The number of nitrogens with zero attached hydrogens (tertiary/aromatic N) is 1. The molecule has 0 spiro atoms. The summed E-state index contributed by atoms with van der Waals surface area (Å²) >= 11 is 0. The van der Waals surface area contributed by atoms with Gasteiger partial charge < -0.3 is 4.74 Å². The van der Waals surface area contributed by atoms with E-state index in [0.717, 1.165) is 0 Å². The standard InChI is InChI=1S/C14H8F3NO2/c15-14(16,17)20-11-7-5-10(6-8-11)12-3-1-2-4-13(12)18-9-19/h1-8H. The number of hydrogen-bond donors (Lipinski definition) is 0. The van der Waals surface area contributed by atoms with E-state index in [2.05, 4.69) is 9.73 Å². The van der Waals surface area contributed by atoms with Gasteiger partial charge in [0.1, 0.15) is 5.75 Å². The van der Waals surface area contributed by atoms with E-state index < -0.39 is 6.36 Å². The van der Waals surface area contributed by atoms with Crippen molar-refractivity contribution >= 4 is 11.8 Å². The number of aliphatic imine (C=N–C) groups is 1. The van der Waals surface area contributed by atoms with Gasteiger partial charge in [-0.2, -0.15) is 4.99 Å². The van der Waals surface area contributed by atoms with E-state index in [9.17, 15) is 18.0 Å². The molecule has 0 aliphatic heterocycles. The second-order valence-corrected chi connectivity index (χ2v) is 3.79. The van der Waals surface area contributed by atoms with Crippen molar-refractivity contribution in [2.45, 2.75) is 6.36 Å². The second-order valence-electron chi connectivity index (χ2n) is 3.79. The third kappa shape index (κ3) is 3.46. The van der Waals surface area contributed by atoms with Gasteiger partial charge >= 0.3 is 6.36 Å². The van der Waals surface area contributed by atoms with Crippen molar-refractivity contribution in [1.82, 2.24) is 0 Å². The minimum atomic E-state index is -4.72. The normalized spacial score (nSPS) is 10.8. The fourth-order valence-corrected chi connectivity index (χ4v) is 1.70. The average Bonchev–Trinajstić information content (AvgIpc) is 2.39. The summed E-state index contributed by atoms with van der Waals surface area (Å²) in [5, 5.41) is 0. The smallest absolute Gasteiger partial charge is 0.406 e. The molecule has 3 nitrogen and oxygen atoms in total. The van der Waals surface area contributed by atoms with Crippen LogP contribution >= 0.6 is 0 Å². The van der Waals surface area contributed by atoms with E-state index >= 15 is 0 Å². The van der Waals surface area contributed by atoms with Gasteiger partial charge in [-0.3, -0.25) is 0 Å². The number of halogens is 3. The van der Waals surface area contributed by atoms with Gasteiger partial charge in [0.05, 0.1) is 5.69 Å². The van der Waals surface area contributed by atoms with Crippen LogP contribution in [0.25, 0.3) is 11.1 Å². The number of isocyanates is 1. The van der Waals surface area contributed by atoms with E-state index in [1.165, 1.54) is 30.3 Å². The van der Waals surface area contributed by atoms with Crippen molar-refractivity contribution in [1.29, 1.82) is 0 Å². The van der Waals surface area contributed by atoms with Gasteiger partial charge in [0.2, 0.25) is 6.08 Å². The van der Waals surface area contributed by atoms with Crippen molar-refractivity contribution < 1.29 is 22.7 Å². The Labute approximate surface area is 112 Å². The fraction of sp³-hybridized carbons (Fsp3) is 0.0714. The zero-order chi connectivity index (χ0) is 14.6. The van der Waals surface area contributed by atoms with Crippen LogP contribution in [-0.4, -0.2) is 12.4 Å². The molecule has 0 saturated heterocycles. The Kier molecular flexibility index (Phi) is 3.86.